The largest absolute Gasteiger partial charge is 0.381 e. The van der Waals surface area contributed by atoms with Gasteiger partial charge in [-0.05, 0) is 19.1 Å². The van der Waals surface area contributed by atoms with Gasteiger partial charge >= 0.3 is 0 Å². The van der Waals surface area contributed by atoms with E-state index in [0.29, 0.717) is 25.2 Å². The summed E-state index contributed by atoms with van der Waals surface area (Å²) in [6, 6.07) is 3.22. The summed E-state index contributed by atoms with van der Waals surface area (Å²) in [5, 5.41) is 0. The van der Waals surface area contributed by atoms with Gasteiger partial charge in [-0.2, -0.15) is 0 Å². The number of pyridine rings is 1. The predicted molar refractivity (Wildman–Crippen MR) is 59.3 cm³/mol. The molecule has 1 rings (SSSR count). The molecule has 0 saturated heterocycles. The summed E-state index contributed by atoms with van der Waals surface area (Å²) in [5.74, 6) is -0.251. The van der Waals surface area contributed by atoms with Crippen LogP contribution in [0.1, 0.15) is 30.1 Å². The monoisotopic (exact) mass is 221 g/mol. The Morgan fingerprint density at radius 3 is 2.62 bits per heavy atom. The fourth-order valence-electron chi connectivity index (χ4n) is 1.24. The van der Waals surface area contributed by atoms with Gasteiger partial charge in [0.2, 0.25) is 0 Å². The lowest BCUT2D eigenvalue weighted by Crippen LogP contribution is -2.10. The highest BCUT2D eigenvalue weighted by Crippen LogP contribution is 2.03. The van der Waals surface area contributed by atoms with Gasteiger partial charge in [-0.25, -0.2) is 0 Å². The molecule has 0 N–H and O–H groups in total. The summed E-state index contributed by atoms with van der Waals surface area (Å²) >= 11 is 0. The molecule has 0 unspecified atom stereocenters. The summed E-state index contributed by atoms with van der Waals surface area (Å²) < 4.78 is 5.05. The van der Waals surface area contributed by atoms with Crippen LogP contribution < -0.4 is 0 Å². The minimum absolute atomic E-state index is 0.0584. The SMILES string of the molecule is CCOCCC(=O)CC(=O)c1ccncc1. The van der Waals surface area contributed by atoms with Crippen LogP contribution in [0.15, 0.2) is 24.5 Å². The topological polar surface area (TPSA) is 56.3 Å². The number of ether oxygens (including phenoxy) is 1. The van der Waals surface area contributed by atoms with Gasteiger partial charge in [0, 0.05) is 31.0 Å². The molecule has 0 amide bonds. The Kier molecular flexibility index (Phi) is 5.36. The molecule has 1 heterocycles. The molecule has 4 nitrogen and oxygen atoms in total. The van der Waals surface area contributed by atoms with Crippen molar-refractivity contribution in [2.24, 2.45) is 0 Å². The first-order valence-corrected chi connectivity index (χ1v) is 5.26. The molecule has 0 fully saturated rings. The Morgan fingerprint density at radius 2 is 2.00 bits per heavy atom. The molecule has 0 aliphatic rings. The van der Waals surface area contributed by atoms with Crippen LogP contribution in [-0.4, -0.2) is 29.8 Å². The van der Waals surface area contributed by atoms with Gasteiger partial charge in [0.1, 0.15) is 5.78 Å². The van der Waals surface area contributed by atoms with E-state index < -0.39 is 0 Å². The van der Waals surface area contributed by atoms with Crippen molar-refractivity contribution < 1.29 is 14.3 Å². The van der Waals surface area contributed by atoms with E-state index in [0.717, 1.165) is 0 Å². The molecule has 86 valence electrons. The predicted octanol–water partition coefficient (Wildman–Crippen LogP) is 1.65. The Bertz CT molecular complexity index is 349. The third kappa shape index (κ3) is 4.31. The van der Waals surface area contributed by atoms with E-state index in [4.69, 9.17) is 4.74 Å². The number of hydrogen-bond donors (Lipinski definition) is 0. The highest BCUT2D eigenvalue weighted by Gasteiger charge is 2.11. The number of aromatic nitrogens is 1. The van der Waals surface area contributed by atoms with Crippen LogP contribution in [-0.2, 0) is 9.53 Å². The third-order valence-corrected chi connectivity index (χ3v) is 2.09. The van der Waals surface area contributed by atoms with Crippen molar-refractivity contribution in [2.75, 3.05) is 13.2 Å². The summed E-state index contributed by atoms with van der Waals surface area (Å²) in [6.45, 7) is 2.84. The molecule has 0 aliphatic heterocycles. The van der Waals surface area contributed by atoms with Gasteiger partial charge in [-0.3, -0.25) is 14.6 Å². The molecule has 0 saturated carbocycles. The molecule has 1 aromatic rings. The summed E-state index contributed by atoms with van der Waals surface area (Å²) in [6.07, 6.45) is 3.32. The number of Topliss-reactive ketones (excluding diaryl/α,β-unsaturated/α-hetero) is 2. The van der Waals surface area contributed by atoms with E-state index in [1.54, 1.807) is 12.1 Å². The van der Waals surface area contributed by atoms with Crippen molar-refractivity contribution in [2.45, 2.75) is 19.8 Å². The molecule has 0 aromatic carbocycles. The van der Waals surface area contributed by atoms with E-state index in [-0.39, 0.29) is 18.0 Å². The highest BCUT2D eigenvalue weighted by molar-refractivity contribution is 6.07. The average Bonchev–Trinajstić information content (AvgIpc) is 2.30. The second-order valence-electron chi connectivity index (χ2n) is 3.32. The average molecular weight is 221 g/mol. The van der Waals surface area contributed by atoms with Gasteiger partial charge in [-0.15, -0.1) is 0 Å². The molecule has 0 aliphatic carbocycles. The number of ketones is 2. The maximum atomic E-state index is 11.6. The number of hydrogen-bond acceptors (Lipinski definition) is 4. The van der Waals surface area contributed by atoms with E-state index in [1.165, 1.54) is 12.4 Å². The zero-order valence-electron chi connectivity index (χ0n) is 9.31. The Morgan fingerprint density at radius 1 is 1.31 bits per heavy atom. The van der Waals surface area contributed by atoms with Crippen molar-refractivity contribution in [3.05, 3.63) is 30.1 Å². The summed E-state index contributed by atoms with van der Waals surface area (Å²) in [5.41, 5.74) is 0.528. The molecular formula is C12H15NO3. The first kappa shape index (κ1) is 12.5. The lowest BCUT2D eigenvalue weighted by atomic mass is 10.1. The molecule has 0 radical (unpaired) electrons. The van der Waals surface area contributed by atoms with E-state index in [9.17, 15) is 9.59 Å². The zero-order valence-corrected chi connectivity index (χ0v) is 9.31. The molecule has 0 atom stereocenters. The van der Waals surface area contributed by atoms with Crippen LogP contribution in [0.2, 0.25) is 0 Å². The van der Waals surface area contributed by atoms with Gasteiger partial charge in [-0.1, -0.05) is 0 Å². The van der Waals surface area contributed by atoms with Crippen LogP contribution in [0.4, 0.5) is 0 Å². The maximum Gasteiger partial charge on any atom is 0.170 e. The molecule has 0 bridgehead atoms. The fraction of sp³-hybridized carbons (Fsp3) is 0.417. The van der Waals surface area contributed by atoms with Crippen LogP contribution in [0.5, 0.6) is 0 Å². The second-order valence-corrected chi connectivity index (χ2v) is 3.32. The first-order valence-electron chi connectivity index (χ1n) is 5.26. The highest BCUT2D eigenvalue weighted by atomic mass is 16.5. The van der Waals surface area contributed by atoms with Gasteiger partial charge < -0.3 is 4.74 Å². The normalized spacial score (nSPS) is 10.1. The Balaban J connectivity index is 2.37. The molecule has 4 heteroatoms. The van der Waals surface area contributed by atoms with Gasteiger partial charge in [0.25, 0.3) is 0 Å². The molecule has 16 heavy (non-hydrogen) atoms. The maximum absolute atomic E-state index is 11.6. The Labute approximate surface area is 94.6 Å². The number of carbonyl (C=O) groups excluding carboxylic acids is 2. The number of carbonyl (C=O) groups is 2. The number of nitrogens with zero attached hydrogens (tertiary/aromatic N) is 1. The minimum Gasteiger partial charge on any atom is -0.381 e. The molecule has 1 aromatic heterocycles. The van der Waals surface area contributed by atoms with Crippen LogP contribution in [0.3, 0.4) is 0 Å². The lowest BCUT2D eigenvalue weighted by molar-refractivity contribution is -0.119. The quantitative estimate of drug-likeness (QED) is 0.399. The van der Waals surface area contributed by atoms with Gasteiger partial charge in [0.05, 0.1) is 13.0 Å². The third-order valence-electron chi connectivity index (χ3n) is 2.09. The van der Waals surface area contributed by atoms with E-state index in [1.807, 2.05) is 6.92 Å². The van der Waals surface area contributed by atoms with Crippen LogP contribution >= 0.6 is 0 Å². The van der Waals surface area contributed by atoms with Crippen LogP contribution in [0, 0.1) is 0 Å². The zero-order chi connectivity index (χ0) is 11.8. The first-order chi connectivity index (χ1) is 7.74. The van der Waals surface area contributed by atoms with Crippen molar-refractivity contribution in [3.8, 4) is 0 Å². The smallest absolute Gasteiger partial charge is 0.170 e. The van der Waals surface area contributed by atoms with E-state index in [2.05, 4.69) is 4.98 Å². The lowest BCUT2D eigenvalue weighted by Gasteiger charge is -2.01. The van der Waals surface area contributed by atoms with Crippen molar-refractivity contribution in [3.63, 3.8) is 0 Å². The second kappa shape index (κ2) is 6.85. The van der Waals surface area contributed by atoms with Crippen molar-refractivity contribution >= 4 is 11.6 Å². The Hall–Kier alpha value is -1.55. The summed E-state index contributed by atoms with van der Waals surface area (Å²) in [4.78, 5) is 26.8. The molecular weight excluding hydrogens is 206 g/mol. The minimum atomic E-state index is -0.163. The van der Waals surface area contributed by atoms with Crippen LogP contribution in [0.25, 0.3) is 0 Å². The van der Waals surface area contributed by atoms with Crippen molar-refractivity contribution in [1.29, 1.82) is 0 Å². The standard InChI is InChI=1S/C12H15NO3/c1-2-16-8-5-11(14)9-12(15)10-3-6-13-7-4-10/h3-4,6-7H,2,5,8-9H2,1H3. The fourth-order valence-corrected chi connectivity index (χ4v) is 1.24. The summed E-state index contributed by atoms with van der Waals surface area (Å²) in [7, 11) is 0. The van der Waals surface area contributed by atoms with Gasteiger partial charge in [0.15, 0.2) is 5.78 Å². The number of rotatable bonds is 7. The van der Waals surface area contributed by atoms with E-state index >= 15 is 0 Å². The van der Waals surface area contributed by atoms with Crippen molar-refractivity contribution in [1.82, 2.24) is 4.98 Å². The molecule has 0 spiro atoms.